The first-order chi connectivity index (χ1) is 16.3. The molecule has 0 amide bonds. The Labute approximate surface area is 193 Å². The van der Waals surface area contributed by atoms with Gasteiger partial charge in [-0.05, 0) is 23.8 Å². The number of aromatic nitrogens is 3. The van der Waals surface area contributed by atoms with Crippen molar-refractivity contribution in [2.24, 2.45) is 0 Å². The predicted molar refractivity (Wildman–Crippen MR) is 117 cm³/mol. The summed E-state index contributed by atoms with van der Waals surface area (Å²) >= 11 is 0. The largest absolute Gasteiger partial charge is 0.473 e. The lowest BCUT2D eigenvalue weighted by atomic mass is 10.1. The number of nitrogens with zero attached hydrogens (tertiary/aromatic N) is 3. The first-order valence-electron chi connectivity index (χ1n) is 10.0. The Hall–Kier alpha value is -3.63. The summed E-state index contributed by atoms with van der Waals surface area (Å²) in [5.74, 6) is 0.610. The van der Waals surface area contributed by atoms with Crippen LogP contribution in [0.15, 0.2) is 71.5 Å². The van der Waals surface area contributed by atoms with Gasteiger partial charge in [-0.25, -0.2) is 23.0 Å². The van der Waals surface area contributed by atoms with Crippen LogP contribution in [0.3, 0.4) is 0 Å². The summed E-state index contributed by atoms with van der Waals surface area (Å²) in [5.41, 5.74) is 8.51. The molecule has 10 nitrogen and oxygen atoms in total. The standard InChI is InChI=1S/C22H20FN4O6P/c23-19-6-2-1-4-16(19)13-31-21-8-7-15(12-25-21)10-17-11-20(33-26-17)18-5-3-9-27(22(18)24)14-32-34(28,29)30/h1-9,11-12,24H,10,13-14H2,(H2,28,29,30)/p+1. The van der Waals surface area contributed by atoms with Gasteiger partial charge >= 0.3 is 7.82 Å². The van der Waals surface area contributed by atoms with E-state index in [0.29, 0.717) is 34.9 Å². The molecule has 1 aromatic carbocycles. The molecular weight excluding hydrogens is 466 g/mol. The van der Waals surface area contributed by atoms with E-state index in [-0.39, 0.29) is 18.2 Å². The molecular formula is C22H21FN4O6P+. The molecule has 0 bridgehead atoms. The Kier molecular flexibility index (Phi) is 6.99. The van der Waals surface area contributed by atoms with Crippen molar-refractivity contribution in [2.45, 2.75) is 19.8 Å². The second-order valence-corrected chi connectivity index (χ2v) is 8.51. The van der Waals surface area contributed by atoms with Gasteiger partial charge in [0.15, 0.2) is 5.76 Å². The maximum atomic E-state index is 13.7. The monoisotopic (exact) mass is 487 g/mol. The fraction of sp³-hybridized carbons (Fsp3) is 0.136. The summed E-state index contributed by atoms with van der Waals surface area (Å²) < 4.78 is 41.4. The molecule has 0 saturated carbocycles. The first-order valence-corrected chi connectivity index (χ1v) is 11.6. The zero-order valence-corrected chi connectivity index (χ0v) is 18.6. The number of halogens is 1. The maximum absolute atomic E-state index is 13.7. The lowest BCUT2D eigenvalue weighted by molar-refractivity contribution is -0.711. The van der Waals surface area contributed by atoms with Crippen LogP contribution in [-0.4, -0.2) is 19.9 Å². The molecule has 4 rings (SSSR count). The highest BCUT2D eigenvalue weighted by Crippen LogP contribution is 2.35. The minimum Gasteiger partial charge on any atom is -0.473 e. The van der Waals surface area contributed by atoms with Crippen LogP contribution in [0.1, 0.15) is 16.8 Å². The molecule has 0 aliphatic rings. The Morgan fingerprint density at radius 1 is 1.15 bits per heavy atom. The van der Waals surface area contributed by atoms with E-state index in [0.717, 1.165) is 5.56 Å². The molecule has 3 heterocycles. The molecule has 0 radical (unpaired) electrons. The predicted octanol–water partition coefficient (Wildman–Crippen LogP) is 2.98. The number of hydrogen-bond acceptors (Lipinski definition) is 7. The molecule has 0 aliphatic carbocycles. The molecule has 4 N–H and O–H groups in total. The third-order valence-electron chi connectivity index (χ3n) is 4.82. The van der Waals surface area contributed by atoms with Gasteiger partial charge in [-0.3, -0.25) is 5.73 Å². The quantitative estimate of drug-likeness (QED) is 0.240. The number of nitrogens with two attached hydrogens (primary N) is 1. The normalized spacial score (nSPS) is 11.5. The zero-order valence-electron chi connectivity index (χ0n) is 17.7. The number of nitrogen functional groups attached to an aromatic ring is 1. The van der Waals surface area contributed by atoms with Crippen molar-refractivity contribution < 1.29 is 37.1 Å². The third-order valence-corrected chi connectivity index (χ3v) is 5.27. The van der Waals surface area contributed by atoms with Crippen molar-refractivity contribution in [3.8, 4) is 17.2 Å². The van der Waals surface area contributed by atoms with Gasteiger partial charge in [0.25, 0.3) is 5.82 Å². The summed E-state index contributed by atoms with van der Waals surface area (Å²) in [6.07, 6.45) is 3.58. The van der Waals surface area contributed by atoms with Crippen LogP contribution in [0.25, 0.3) is 11.3 Å². The van der Waals surface area contributed by atoms with Crippen LogP contribution in [0.5, 0.6) is 5.88 Å². The molecule has 0 spiro atoms. The van der Waals surface area contributed by atoms with Gasteiger partial charge in [0, 0.05) is 30.3 Å². The minimum absolute atomic E-state index is 0.0728. The molecule has 176 valence electrons. The van der Waals surface area contributed by atoms with Gasteiger partial charge in [-0.1, -0.05) is 29.4 Å². The van der Waals surface area contributed by atoms with Crippen molar-refractivity contribution in [1.82, 2.24) is 10.1 Å². The SMILES string of the molecule is Nc1c(-c2cc(Cc3ccc(OCc4ccccc4F)nc3)no2)ccc[n+]1COP(=O)(O)O. The minimum atomic E-state index is -4.64. The Morgan fingerprint density at radius 3 is 2.71 bits per heavy atom. The van der Waals surface area contributed by atoms with E-state index in [1.165, 1.54) is 16.8 Å². The van der Waals surface area contributed by atoms with E-state index in [2.05, 4.69) is 14.7 Å². The average Bonchev–Trinajstić information content (AvgIpc) is 3.26. The Bertz CT molecular complexity index is 1330. The van der Waals surface area contributed by atoms with Crippen LogP contribution in [0.4, 0.5) is 10.2 Å². The molecule has 0 atom stereocenters. The van der Waals surface area contributed by atoms with Crippen molar-refractivity contribution in [2.75, 3.05) is 5.73 Å². The fourth-order valence-electron chi connectivity index (χ4n) is 3.12. The van der Waals surface area contributed by atoms with Gasteiger partial charge in [0.2, 0.25) is 12.6 Å². The second kappa shape index (κ2) is 10.1. The lowest BCUT2D eigenvalue weighted by Gasteiger charge is -2.07. The van der Waals surface area contributed by atoms with Crippen LogP contribution in [0.2, 0.25) is 0 Å². The van der Waals surface area contributed by atoms with Crippen molar-refractivity contribution in [1.29, 1.82) is 0 Å². The number of phosphoric acid groups is 1. The first kappa shape index (κ1) is 23.5. The molecule has 4 aromatic rings. The summed E-state index contributed by atoms with van der Waals surface area (Å²) in [6.45, 7) is -0.356. The zero-order chi connectivity index (χ0) is 24.1. The molecule has 0 unspecified atom stereocenters. The van der Waals surface area contributed by atoms with Gasteiger partial charge in [0.1, 0.15) is 18.0 Å². The van der Waals surface area contributed by atoms with Gasteiger partial charge < -0.3 is 19.0 Å². The third kappa shape index (κ3) is 6.03. The van der Waals surface area contributed by atoms with Crippen molar-refractivity contribution in [3.05, 3.63) is 89.6 Å². The molecule has 3 aromatic heterocycles. The Balaban J connectivity index is 1.40. The fourth-order valence-corrected chi connectivity index (χ4v) is 3.40. The number of benzene rings is 1. The molecule has 0 saturated heterocycles. The van der Waals surface area contributed by atoms with E-state index in [9.17, 15) is 8.96 Å². The second-order valence-electron chi connectivity index (χ2n) is 7.27. The van der Waals surface area contributed by atoms with Gasteiger partial charge in [0.05, 0.1) is 11.9 Å². The van der Waals surface area contributed by atoms with Crippen LogP contribution >= 0.6 is 7.82 Å². The average molecular weight is 487 g/mol. The number of phosphoric ester groups is 1. The van der Waals surface area contributed by atoms with E-state index in [1.807, 2.05) is 6.07 Å². The highest BCUT2D eigenvalue weighted by molar-refractivity contribution is 7.46. The number of anilines is 1. The van der Waals surface area contributed by atoms with Crippen LogP contribution < -0.4 is 15.0 Å². The molecule has 0 fully saturated rings. The van der Waals surface area contributed by atoms with Crippen molar-refractivity contribution in [3.63, 3.8) is 0 Å². The van der Waals surface area contributed by atoms with Crippen LogP contribution in [-0.2, 0) is 28.8 Å². The summed E-state index contributed by atoms with van der Waals surface area (Å²) in [7, 11) is -4.64. The van der Waals surface area contributed by atoms with E-state index in [4.69, 9.17) is 24.8 Å². The molecule has 0 aliphatic heterocycles. The summed E-state index contributed by atoms with van der Waals surface area (Å²) in [6, 6.07) is 14.9. The number of rotatable bonds is 9. The van der Waals surface area contributed by atoms with E-state index < -0.39 is 14.6 Å². The summed E-state index contributed by atoms with van der Waals surface area (Å²) in [4.78, 5) is 22.0. The van der Waals surface area contributed by atoms with Gasteiger partial charge in [-0.15, -0.1) is 0 Å². The number of pyridine rings is 2. The van der Waals surface area contributed by atoms with E-state index in [1.54, 1.807) is 48.7 Å². The van der Waals surface area contributed by atoms with Crippen LogP contribution in [0, 0.1) is 5.82 Å². The lowest BCUT2D eigenvalue weighted by Crippen LogP contribution is -2.38. The van der Waals surface area contributed by atoms with Crippen molar-refractivity contribution >= 4 is 13.6 Å². The number of ether oxygens (including phenoxy) is 1. The highest BCUT2D eigenvalue weighted by atomic mass is 31.2. The highest BCUT2D eigenvalue weighted by Gasteiger charge is 2.20. The molecule has 12 heteroatoms. The Morgan fingerprint density at radius 2 is 1.97 bits per heavy atom. The van der Waals surface area contributed by atoms with Gasteiger partial charge in [-0.2, -0.15) is 0 Å². The molecule has 34 heavy (non-hydrogen) atoms. The topological polar surface area (TPSA) is 145 Å². The van der Waals surface area contributed by atoms with E-state index >= 15 is 0 Å². The summed E-state index contributed by atoms with van der Waals surface area (Å²) in [5, 5.41) is 4.06. The maximum Gasteiger partial charge on any atom is 0.472 e. The number of hydrogen-bond donors (Lipinski definition) is 3. The smallest absolute Gasteiger partial charge is 0.472 e.